The molecule has 1 rings (SSSR count). The van der Waals surface area contributed by atoms with Crippen molar-refractivity contribution in [2.45, 2.75) is 26.4 Å². The third-order valence-electron chi connectivity index (χ3n) is 0.872. The predicted molar refractivity (Wildman–Crippen MR) is 55.4 cm³/mol. The van der Waals surface area contributed by atoms with E-state index in [0.29, 0.717) is 0 Å². The molecule has 0 saturated heterocycles. The Morgan fingerprint density at radius 2 is 1.80 bits per heavy atom. The number of hydrogen-bond donors (Lipinski definition) is 0. The van der Waals surface area contributed by atoms with Gasteiger partial charge in [-0.15, -0.1) is 13.3 Å². The second-order valence-electron chi connectivity index (χ2n) is 2.20. The van der Waals surface area contributed by atoms with Crippen LogP contribution < -0.4 is 24.8 Å². The molecule has 2 nitrogen and oxygen atoms in total. The van der Waals surface area contributed by atoms with Crippen LogP contribution in [0.15, 0.2) is 17.7 Å². The van der Waals surface area contributed by atoms with Gasteiger partial charge < -0.3 is 35.3 Å². The molecule has 0 spiro atoms. The van der Waals surface area contributed by atoms with Crippen LogP contribution in [0.2, 0.25) is 13.1 Å². The third-order valence-corrected chi connectivity index (χ3v) is 0.872. The van der Waals surface area contributed by atoms with Crippen LogP contribution in [0.4, 0.5) is 0 Å². The van der Waals surface area contributed by atoms with Crippen LogP contribution in [0.25, 0.3) is 5.73 Å². The van der Waals surface area contributed by atoms with Crippen molar-refractivity contribution in [3.63, 3.8) is 0 Å². The minimum Gasteiger partial charge on any atom is -1.00 e. The molecule has 1 aliphatic rings. The summed E-state index contributed by atoms with van der Waals surface area (Å²) in [4.78, 5) is 8.47. The van der Waals surface area contributed by atoms with Crippen LogP contribution >= 0.6 is 0 Å². The molecule has 0 aliphatic heterocycles. The Bertz CT molecular complexity index is 163. The molecule has 1 N–H and O–H groups in total. The maximum Gasteiger partial charge on any atom is 4.00 e. The van der Waals surface area contributed by atoms with E-state index in [1.54, 1.807) is 0 Å². The Morgan fingerprint density at radius 3 is 1.87 bits per heavy atom. The van der Waals surface area contributed by atoms with Gasteiger partial charge in [-0.1, -0.05) is 13.1 Å². The van der Waals surface area contributed by atoms with E-state index in [0.717, 1.165) is 15.9 Å². The zero-order chi connectivity index (χ0) is 9.82. The number of carbonyl (C=O) groups excluding carboxylic acids is 1. The van der Waals surface area contributed by atoms with Gasteiger partial charge in [-0.25, -0.2) is 11.6 Å². The summed E-state index contributed by atoms with van der Waals surface area (Å²) in [6.07, 6.45) is 8.24. The Balaban J connectivity index is -0.0000000333. The summed E-state index contributed by atoms with van der Waals surface area (Å²) < 4.78 is 0. The normalized spacial score (nSPS) is 9.40. The first-order chi connectivity index (χ1) is 5.72. The summed E-state index contributed by atoms with van der Waals surface area (Å²) in [5, 5.41) is 0. The van der Waals surface area contributed by atoms with Gasteiger partial charge in [-0.2, -0.15) is 6.08 Å². The molecule has 0 unspecified atom stereocenters. The van der Waals surface area contributed by atoms with E-state index in [1.807, 2.05) is 6.08 Å². The van der Waals surface area contributed by atoms with E-state index >= 15 is 0 Å². The number of nitrogens with one attached hydrogen (secondary N) is 1. The topological polar surface area (TPSA) is 40.9 Å². The second kappa shape index (κ2) is 29.3. The predicted octanol–water partition coefficient (Wildman–Crippen LogP) is -3.58. The molecule has 6 heteroatoms. The van der Waals surface area contributed by atoms with Gasteiger partial charge in [0.1, 0.15) is 0 Å². The molecule has 0 aromatic heterocycles. The number of halogens is 2. The molecular weight excluding hydrogens is 285 g/mol. The monoisotopic (exact) mass is 300 g/mol. The molecule has 0 aromatic rings. The van der Waals surface area contributed by atoms with Crippen LogP contribution in [0.3, 0.4) is 0 Å². The molecule has 0 saturated carbocycles. The van der Waals surface area contributed by atoms with Crippen LogP contribution in [-0.2, 0) is 26.5 Å². The molecule has 0 atom stereocenters. The first-order valence-electron chi connectivity index (χ1n) is 3.81. The molecule has 0 bridgehead atoms. The van der Waals surface area contributed by atoms with E-state index < -0.39 is 0 Å². The van der Waals surface area contributed by atoms with Crippen LogP contribution in [0.5, 0.6) is 0 Å². The van der Waals surface area contributed by atoms with Crippen molar-refractivity contribution in [1.82, 2.24) is 0 Å². The Hall–Kier alpha value is 0.461. The van der Waals surface area contributed by atoms with Gasteiger partial charge in [0, 0.05) is 15.9 Å². The minimum atomic E-state index is 0. The number of amides is 1. The van der Waals surface area contributed by atoms with E-state index in [-0.39, 0.29) is 52.9 Å². The summed E-state index contributed by atoms with van der Waals surface area (Å²) in [5.74, 6) is 0. The van der Waals surface area contributed by atoms with Crippen molar-refractivity contribution in [3.8, 4) is 0 Å². The quantitative estimate of drug-likeness (QED) is 0.259. The zero-order valence-electron chi connectivity index (χ0n) is 9.18. The summed E-state index contributed by atoms with van der Waals surface area (Å²) in [6.45, 7) is 6.50. The van der Waals surface area contributed by atoms with Gasteiger partial charge in [-0.05, 0) is 0 Å². The van der Waals surface area contributed by atoms with Crippen molar-refractivity contribution in [1.29, 1.82) is 0 Å². The van der Waals surface area contributed by atoms with Gasteiger partial charge in [0.2, 0.25) is 0 Å². The minimum absolute atomic E-state index is 0. The Labute approximate surface area is 123 Å². The largest absolute Gasteiger partial charge is 4.00 e. The number of rotatable bonds is 0. The Morgan fingerprint density at radius 1 is 1.47 bits per heavy atom. The van der Waals surface area contributed by atoms with Gasteiger partial charge in [-0.3, -0.25) is 6.08 Å². The van der Waals surface area contributed by atoms with Crippen molar-refractivity contribution in [3.05, 3.63) is 29.5 Å². The van der Waals surface area contributed by atoms with Crippen LogP contribution in [-0.4, -0.2) is 15.9 Å². The van der Waals surface area contributed by atoms with Gasteiger partial charge >= 0.3 is 21.7 Å². The van der Waals surface area contributed by atoms with Gasteiger partial charge in [0.05, 0.1) is 0 Å². The summed E-state index contributed by atoms with van der Waals surface area (Å²) in [5.41, 5.74) is 6.87. The molecule has 0 heterocycles. The van der Waals surface area contributed by atoms with Crippen molar-refractivity contribution in [2.24, 2.45) is 0 Å². The standard InChI is InChI=1S/C6H7.C2H7Si.CH3NO.2ClH.Ti/c1-6-4-2-3-5-6;1-3-2;2-1-3;;;/h4-5H,2H2,1H3;3H,1-2H3;1H,(H2,2,3);2*1H;/q-1;;;;;+4/p-3. The molecule has 1 aliphatic carbocycles. The maximum absolute atomic E-state index is 8.47. The summed E-state index contributed by atoms with van der Waals surface area (Å²) in [6, 6.07) is 0. The molecule has 0 fully saturated rings. The molecule has 1 amide bonds. The van der Waals surface area contributed by atoms with E-state index in [1.165, 1.54) is 5.57 Å². The second-order valence-corrected chi connectivity index (χ2v) is 3.35. The average Bonchev–Trinajstić information content (AvgIpc) is 2.43. The van der Waals surface area contributed by atoms with E-state index in [2.05, 4.69) is 32.2 Å². The van der Waals surface area contributed by atoms with Crippen molar-refractivity contribution >= 4 is 15.9 Å². The van der Waals surface area contributed by atoms with Crippen LogP contribution in [0.1, 0.15) is 13.3 Å². The van der Waals surface area contributed by atoms with Crippen molar-refractivity contribution in [2.75, 3.05) is 0 Å². The van der Waals surface area contributed by atoms with Gasteiger partial charge in [0.15, 0.2) is 0 Å². The maximum atomic E-state index is 8.47. The fourth-order valence-corrected chi connectivity index (χ4v) is 0.499. The summed E-state index contributed by atoms with van der Waals surface area (Å²) in [7, 11) is 0.750. The van der Waals surface area contributed by atoms with E-state index in [4.69, 9.17) is 10.5 Å². The fourth-order valence-electron chi connectivity index (χ4n) is 0.499. The van der Waals surface area contributed by atoms with Crippen molar-refractivity contribution < 1.29 is 51.3 Å². The Kier molecular flexibility index (Phi) is 57.7. The molecule has 0 aromatic carbocycles. The number of carbonyl (C=O) groups is 1. The van der Waals surface area contributed by atoms with Gasteiger partial charge in [0.25, 0.3) is 0 Å². The smallest absolute Gasteiger partial charge is 1.00 e. The van der Waals surface area contributed by atoms with E-state index in [9.17, 15) is 0 Å². The first-order valence-corrected chi connectivity index (χ1v) is 6.12. The summed E-state index contributed by atoms with van der Waals surface area (Å²) >= 11 is 0. The fraction of sp³-hybridized carbons (Fsp3) is 0.444. The molecule has 15 heavy (non-hydrogen) atoms. The average molecular weight is 301 g/mol. The first kappa shape index (κ1) is 29.5. The zero-order valence-corrected chi connectivity index (χ0v) is 13.4. The molecule has 85 valence electrons. The van der Waals surface area contributed by atoms with Crippen LogP contribution in [0, 0.1) is 6.08 Å². The number of hydrogen-bond acceptors (Lipinski definition) is 1. The molecule has 1 radical (unpaired) electrons. The number of allylic oxidation sites excluding steroid dienone is 4. The SMILES string of the molecule is CC1=CC[C-]=C1.C[SiH]C.[Cl-].[Cl-].[NH-]C=O.[Ti+4]. The third kappa shape index (κ3) is 40.3. The molecular formula is C9H16Cl2NOSiTi.